The van der Waals surface area contributed by atoms with E-state index in [1.807, 2.05) is 0 Å². The molecule has 0 amide bonds. The van der Waals surface area contributed by atoms with Crippen molar-refractivity contribution in [1.82, 2.24) is 5.06 Å². The first-order valence-electron chi connectivity index (χ1n) is 5.64. The lowest BCUT2D eigenvalue weighted by molar-refractivity contribution is -0.161. The number of carbonyl (C=O) groups is 1. The third kappa shape index (κ3) is 8.39. The SMILES string of the molecule is CCCCCCON(C)CC(C)C(=O)O. The van der Waals surface area contributed by atoms with Gasteiger partial charge in [0.25, 0.3) is 0 Å². The average Bonchev–Trinajstić information content (AvgIpc) is 2.17. The highest BCUT2D eigenvalue weighted by Crippen LogP contribution is 2.02. The minimum Gasteiger partial charge on any atom is -0.481 e. The van der Waals surface area contributed by atoms with Gasteiger partial charge in [-0.05, 0) is 6.42 Å². The number of rotatable bonds is 9. The highest BCUT2D eigenvalue weighted by molar-refractivity contribution is 5.69. The lowest BCUT2D eigenvalue weighted by Crippen LogP contribution is -2.29. The zero-order valence-corrected chi connectivity index (χ0v) is 10.0. The van der Waals surface area contributed by atoms with Crippen LogP contribution in [0.3, 0.4) is 0 Å². The van der Waals surface area contributed by atoms with Crippen molar-refractivity contribution < 1.29 is 14.7 Å². The molecule has 0 aromatic heterocycles. The lowest BCUT2D eigenvalue weighted by Gasteiger charge is -2.18. The molecule has 0 aliphatic carbocycles. The van der Waals surface area contributed by atoms with E-state index in [-0.39, 0.29) is 5.92 Å². The predicted molar refractivity (Wildman–Crippen MR) is 59.5 cm³/mol. The maximum Gasteiger partial charge on any atom is 0.307 e. The van der Waals surface area contributed by atoms with Crippen molar-refractivity contribution in [1.29, 1.82) is 0 Å². The Kier molecular flexibility index (Phi) is 8.33. The van der Waals surface area contributed by atoms with Gasteiger partial charge in [0, 0.05) is 13.6 Å². The van der Waals surface area contributed by atoms with E-state index < -0.39 is 5.97 Å². The van der Waals surface area contributed by atoms with Crippen LogP contribution in [0.25, 0.3) is 0 Å². The molecule has 0 aliphatic rings. The molecule has 1 N–H and O–H groups in total. The van der Waals surface area contributed by atoms with Gasteiger partial charge in [0.2, 0.25) is 0 Å². The summed E-state index contributed by atoms with van der Waals surface area (Å²) in [7, 11) is 1.78. The van der Waals surface area contributed by atoms with Crippen molar-refractivity contribution in [2.45, 2.75) is 39.5 Å². The van der Waals surface area contributed by atoms with E-state index in [4.69, 9.17) is 9.94 Å². The average molecular weight is 217 g/mol. The normalized spacial score (nSPS) is 13.1. The van der Waals surface area contributed by atoms with Crippen molar-refractivity contribution in [3.05, 3.63) is 0 Å². The molecule has 0 bridgehead atoms. The second kappa shape index (κ2) is 8.68. The van der Waals surface area contributed by atoms with Crippen LogP contribution in [-0.2, 0) is 9.63 Å². The number of carboxylic acid groups (broad SMARTS) is 1. The van der Waals surface area contributed by atoms with Gasteiger partial charge in [0.1, 0.15) is 0 Å². The van der Waals surface area contributed by atoms with Crippen molar-refractivity contribution in [2.75, 3.05) is 20.2 Å². The Bertz CT molecular complexity index is 173. The van der Waals surface area contributed by atoms with Crippen LogP contribution in [0, 0.1) is 5.92 Å². The summed E-state index contributed by atoms with van der Waals surface area (Å²) >= 11 is 0. The fourth-order valence-electron chi connectivity index (χ4n) is 1.27. The van der Waals surface area contributed by atoms with Crippen molar-refractivity contribution >= 4 is 5.97 Å². The van der Waals surface area contributed by atoms with Gasteiger partial charge < -0.3 is 5.11 Å². The Morgan fingerprint density at radius 3 is 2.60 bits per heavy atom. The van der Waals surface area contributed by atoms with Gasteiger partial charge in [-0.2, -0.15) is 5.06 Å². The van der Waals surface area contributed by atoms with Crippen molar-refractivity contribution in [3.63, 3.8) is 0 Å². The zero-order chi connectivity index (χ0) is 11.7. The summed E-state index contributed by atoms with van der Waals surface area (Å²) in [6.45, 7) is 4.97. The highest BCUT2D eigenvalue weighted by atomic mass is 16.7. The monoisotopic (exact) mass is 217 g/mol. The molecule has 0 fully saturated rings. The standard InChI is InChI=1S/C11H23NO3/c1-4-5-6-7-8-15-12(3)9-10(2)11(13)14/h10H,4-9H2,1-3H3,(H,13,14). The van der Waals surface area contributed by atoms with E-state index >= 15 is 0 Å². The van der Waals surface area contributed by atoms with Crippen LogP contribution in [0.15, 0.2) is 0 Å². The molecule has 1 atom stereocenters. The molecule has 15 heavy (non-hydrogen) atoms. The van der Waals surface area contributed by atoms with E-state index in [1.165, 1.54) is 19.3 Å². The summed E-state index contributed by atoms with van der Waals surface area (Å²) in [6, 6.07) is 0. The van der Waals surface area contributed by atoms with E-state index in [0.717, 1.165) is 6.42 Å². The maximum atomic E-state index is 10.6. The van der Waals surface area contributed by atoms with Crippen molar-refractivity contribution in [3.8, 4) is 0 Å². The molecule has 0 radical (unpaired) electrons. The highest BCUT2D eigenvalue weighted by Gasteiger charge is 2.13. The van der Waals surface area contributed by atoms with Crippen LogP contribution in [0.1, 0.15) is 39.5 Å². The molecule has 0 saturated carbocycles. The molecule has 0 rings (SSSR count). The van der Waals surface area contributed by atoms with Crippen LogP contribution in [0.4, 0.5) is 0 Å². The Balaban J connectivity index is 3.40. The number of hydrogen-bond donors (Lipinski definition) is 1. The lowest BCUT2D eigenvalue weighted by atomic mass is 10.2. The smallest absolute Gasteiger partial charge is 0.307 e. The summed E-state index contributed by atoms with van der Waals surface area (Å²) in [5.41, 5.74) is 0. The summed E-state index contributed by atoms with van der Waals surface area (Å²) in [5, 5.41) is 10.3. The van der Waals surface area contributed by atoms with Gasteiger partial charge in [0.15, 0.2) is 0 Å². The first-order chi connectivity index (χ1) is 7.07. The fourth-order valence-corrected chi connectivity index (χ4v) is 1.27. The molecule has 0 aliphatic heterocycles. The first-order valence-corrected chi connectivity index (χ1v) is 5.64. The first kappa shape index (κ1) is 14.4. The molecule has 1 unspecified atom stereocenters. The molecule has 0 aromatic carbocycles. The van der Waals surface area contributed by atoms with E-state index in [0.29, 0.717) is 13.2 Å². The second-order valence-electron chi connectivity index (χ2n) is 3.94. The number of nitrogens with zero attached hydrogens (tertiary/aromatic N) is 1. The third-order valence-electron chi connectivity index (χ3n) is 2.26. The topological polar surface area (TPSA) is 49.8 Å². The van der Waals surface area contributed by atoms with E-state index in [2.05, 4.69) is 6.92 Å². The largest absolute Gasteiger partial charge is 0.481 e. The molecule has 4 nitrogen and oxygen atoms in total. The van der Waals surface area contributed by atoms with Gasteiger partial charge in [-0.25, -0.2) is 0 Å². The van der Waals surface area contributed by atoms with E-state index in [9.17, 15) is 4.79 Å². The summed E-state index contributed by atoms with van der Waals surface area (Å²) in [5.74, 6) is -1.16. The molecular formula is C11H23NO3. The van der Waals surface area contributed by atoms with Gasteiger partial charge in [0.05, 0.1) is 12.5 Å². The third-order valence-corrected chi connectivity index (χ3v) is 2.26. The molecule has 90 valence electrons. The molecule has 0 heterocycles. The fraction of sp³-hybridized carbons (Fsp3) is 0.909. The number of unbranched alkanes of at least 4 members (excludes halogenated alkanes) is 3. The van der Waals surface area contributed by atoms with E-state index in [1.54, 1.807) is 19.0 Å². The van der Waals surface area contributed by atoms with Crippen LogP contribution < -0.4 is 0 Å². The zero-order valence-electron chi connectivity index (χ0n) is 10.0. The molecule has 0 saturated heterocycles. The van der Waals surface area contributed by atoms with Gasteiger partial charge in [-0.15, -0.1) is 0 Å². The van der Waals surface area contributed by atoms with Crippen LogP contribution in [0.5, 0.6) is 0 Å². The molecule has 0 spiro atoms. The van der Waals surface area contributed by atoms with Crippen LogP contribution in [0.2, 0.25) is 0 Å². The number of hydrogen-bond acceptors (Lipinski definition) is 3. The Hall–Kier alpha value is -0.610. The second-order valence-corrected chi connectivity index (χ2v) is 3.94. The molecular weight excluding hydrogens is 194 g/mol. The predicted octanol–water partition coefficient (Wildman–Crippen LogP) is 2.15. The number of carboxylic acids is 1. The van der Waals surface area contributed by atoms with Crippen LogP contribution >= 0.6 is 0 Å². The minimum atomic E-state index is -0.781. The van der Waals surface area contributed by atoms with Crippen LogP contribution in [-0.4, -0.2) is 36.3 Å². The number of hydroxylamine groups is 2. The summed E-state index contributed by atoms with van der Waals surface area (Å²) in [4.78, 5) is 15.9. The Labute approximate surface area is 92.2 Å². The Morgan fingerprint density at radius 2 is 2.07 bits per heavy atom. The quantitative estimate of drug-likeness (QED) is 0.475. The number of aliphatic carboxylic acids is 1. The summed E-state index contributed by atoms with van der Waals surface area (Å²) < 4.78 is 0. The van der Waals surface area contributed by atoms with Crippen molar-refractivity contribution in [2.24, 2.45) is 5.92 Å². The van der Waals surface area contributed by atoms with Gasteiger partial charge in [-0.1, -0.05) is 33.1 Å². The summed E-state index contributed by atoms with van der Waals surface area (Å²) in [6.07, 6.45) is 4.67. The van der Waals surface area contributed by atoms with Gasteiger partial charge in [-0.3, -0.25) is 9.63 Å². The van der Waals surface area contributed by atoms with Gasteiger partial charge >= 0.3 is 5.97 Å². The minimum absolute atomic E-state index is 0.384. The maximum absolute atomic E-state index is 10.6. The molecule has 4 heteroatoms. The molecule has 0 aromatic rings. The Morgan fingerprint density at radius 1 is 1.40 bits per heavy atom.